The van der Waals surface area contributed by atoms with Gasteiger partial charge in [-0.1, -0.05) is 23.7 Å². The number of rotatable bonds is 2. The van der Waals surface area contributed by atoms with Gasteiger partial charge in [0.05, 0.1) is 13.7 Å². The first-order chi connectivity index (χ1) is 10.7. The molecule has 2 aromatic carbocycles. The second-order valence-corrected chi connectivity index (χ2v) is 5.58. The lowest BCUT2D eigenvalue weighted by Crippen LogP contribution is -2.29. The van der Waals surface area contributed by atoms with Gasteiger partial charge < -0.3 is 9.47 Å². The summed E-state index contributed by atoms with van der Waals surface area (Å²) in [5.74, 6) is 1.54. The highest BCUT2D eigenvalue weighted by atomic mass is 35.5. The molecule has 1 heterocycles. The Kier molecular flexibility index (Phi) is 4.52. The third-order valence-electron chi connectivity index (χ3n) is 3.60. The molecule has 2 aromatic rings. The highest BCUT2D eigenvalue weighted by Gasteiger charge is 2.24. The molecule has 0 bridgehead atoms. The molecule has 1 aliphatic heterocycles. The molecule has 0 aromatic heterocycles. The zero-order chi connectivity index (χ0) is 15.5. The van der Waals surface area contributed by atoms with E-state index >= 15 is 0 Å². The molecule has 0 unspecified atom stereocenters. The van der Waals surface area contributed by atoms with Crippen LogP contribution in [0.25, 0.3) is 0 Å². The summed E-state index contributed by atoms with van der Waals surface area (Å²) in [7, 11) is 3.54. The van der Waals surface area contributed by atoms with E-state index in [9.17, 15) is 0 Å². The van der Waals surface area contributed by atoms with Gasteiger partial charge in [0.2, 0.25) is 0 Å². The lowest BCUT2D eigenvalue weighted by atomic mass is 10.00. The third-order valence-corrected chi connectivity index (χ3v) is 3.84. The summed E-state index contributed by atoms with van der Waals surface area (Å²) in [5.41, 5.74) is 1.94. The SMILES string of the molecule is COc1ccc2c(c1)OCCN(C)O[C@H]2c1cccc(Cl)c1. The summed E-state index contributed by atoms with van der Waals surface area (Å²) in [6.07, 6.45) is -0.273. The summed E-state index contributed by atoms with van der Waals surface area (Å²) in [6.45, 7) is 1.23. The topological polar surface area (TPSA) is 30.9 Å². The number of hydrogen-bond donors (Lipinski definition) is 0. The van der Waals surface area contributed by atoms with Gasteiger partial charge in [0.1, 0.15) is 24.2 Å². The summed E-state index contributed by atoms with van der Waals surface area (Å²) in [4.78, 5) is 6.09. The van der Waals surface area contributed by atoms with Crippen molar-refractivity contribution in [3.63, 3.8) is 0 Å². The fraction of sp³-hybridized carbons (Fsp3) is 0.294. The fourth-order valence-electron chi connectivity index (χ4n) is 2.47. The van der Waals surface area contributed by atoms with E-state index in [1.165, 1.54) is 0 Å². The van der Waals surface area contributed by atoms with Crippen LogP contribution in [-0.4, -0.2) is 32.4 Å². The summed E-state index contributed by atoms with van der Waals surface area (Å²) in [6, 6.07) is 13.5. The van der Waals surface area contributed by atoms with E-state index in [0.717, 1.165) is 22.6 Å². The van der Waals surface area contributed by atoms with Crippen molar-refractivity contribution in [3.8, 4) is 11.5 Å². The second kappa shape index (κ2) is 6.57. The fourth-order valence-corrected chi connectivity index (χ4v) is 2.67. The molecular weight excluding hydrogens is 302 g/mol. The first kappa shape index (κ1) is 15.2. The van der Waals surface area contributed by atoms with Crippen LogP contribution in [-0.2, 0) is 4.84 Å². The first-order valence-electron chi connectivity index (χ1n) is 7.11. The summed E-state index contributed by atoms with van der Waals surface area (Å²) >= 11 is 6.13. The molecule has 5 heteroatoms. The molecule has 0 N–H and O–H groups in total. The number of nitrogens with zero attached hydrogens (tertiary/aromatic N) is 1. The van der Waals surface area contributed by atoms with E-state index in [1.807, 2.05) is 49.5 Å². The van der Waals surface area contributed by atoms with E-state index in [-0.39, 0.29) is 6.10 Å². The monoisotopic (exact) mass is 319 g/mol. The standard InChI is InChI=1S/C17H18ClNO3/c1-19-8-9-21-16-11-14(20-2)6-7-15(16)17(22-19)12-4-3-5-13(18)10-12/h3-7,10-11,17H,8-9H2,1-2H3/t17-/m0/s1. The Morgan fingerprint density at radius 2 is 2.09 bits per heavy atom. The Hall–Kier alpha value is -1.75. The molecule has 0 saturated heterocycles. The highest BCUT2D eigenvalue weighted by Crippen LogP contribution is 2.37. The molecule has 0 radical (unpaired) electrons. The van der Waals surface area contributed by atoms with Crippen LogP contribution in [0.3, 0.4) is 0 Å². The van der Waals surface area contributed by atoms with Gasteiger partial charge in [-0.2, -0.15) is 5.06 Å². The Bertz CT molecular complexity index is 662. The van der Waals surface area contributed by atoms with Crippen LogP contribution in [0.4, 0.5) is 0 Å². The number of hydrogen-bond acceptors (Lipinski definition) is 4. The van der Waals surface area contributed by atoms with Crippen LogP contribution in [0.15, 0.2) is 42.5 Å². The van der Waals surface area contributed by atoms with Gasteiger partial charge in [-0.15, -0.1) is 0 Å². The summed E-state index contributed by atoms with van der Waals surface area (Å²) < 4.78 is 11.2. The molecule has 116 valence electrons. The number of methoxy groups -OCH3 is 1. The van der Waals surface area contributed by atoms with E-state index < -0.39 is 0 Å². The van der Waals surface area contributed by atoms with Crippen molar-refractivity contribution in [1.82, 2.24) is 5.06 Å². The normalized spacial score (nSPS) is 18.8. The number of fused-ring (bicyclic) bond motifs is 1. The third kappa shape index (κ3) is 3.19. The minimum atomic E-state index is -0.273. The Morgan fingerprint density at radius 1 is 1.23 bits per heavy atom. The largest absolute Gasteiger partial charge is 0.497 e. The van der Waals surface area contributed by atoms with Gasteiger partial charge in [0, 0.05) is 23.7 Å². The van der Waals surface area contributed by atoms with Crippen LogP contribution in [0, 0.1) is 0 Å². The van der Waals surface area contributed by atoms with Crippen molar-refractivity contribution in [2.75, 3.05) is 27.3 Å². The van der Waals surface area contributed by atoms with Gasteiger partial charge in [-0.05, 0) is 29.8 Å². The molecule has 0 saturated carbocycles. The lowest BCUT2D eigenvalue weighted by Gasteiger charge is -2.29. The molecular formula is C17H18ClNO3. The van der Waals surface area contributed by atoms with Crippen molar-refractivity contribution >= 4 is 11.6 Å². The smallest absolute Gasteiger partial charge is 0.133 e. The van der Waals surface area contributed by atoms with Crippen LogP contribution < -0.4 is 9.47 Å². The quantitative estimate of drug-likeness (QED) is 0.844. The zero-order valence-electron chi connectivity index (χ0n) is 12.6. The van der Waals surface area contributed by atoms with E-state index in [4.69, 9.17) is 25.9 Å². The van der Waals surface area contributed by atoms with Crippen molar-refractivity contribution in [2.45, 2.75) is 6.10 Å². The molecule has 0 aliphatic carbocycles. The Labute approximate surface area is 135 Å². The maximum Gasteiger partial charge on any atom is 0.133 e. The molecule has 4 nitrogen and oxygen atoms in total. The molecule has 3 rings (SSSR count). The van der Waals surface area contributed by atoms with Gasteiger partial charge in [-0.3, -0.25) is 4.84 Å². The minimum absolute atomic E-state index is 0.273. The summed E-state index contributed by atoms with van der Waals surface area (Å²) in [5, 5.41) is 2.47. The second-order valence-electron chi connectivity index (χ2n) is 5.14. The van der Waals surface area contributed by atoms with Crippen molar-refractivity contribution in [3.05, 3.63) is 58.6 Å². The van der Waals surface area contributed by atoms with E-state index in [2.05, 4.69) is 0 Å². The first-order valence-corrected chi connectivity index (χ1v) is 7.49. The number of halogens is 1. The molecule has 0 spiro atoms. The van der Waals surface area contributed by atoms with Crippen molar-refractivity contribution < 1.29 is 14.3 Å². The lowest BCUT2D eigenvalue weighted by molar-refractivity contribution is -0.178. The molecule has 22 heavy (non-hydrogen) atoms. The predicted molar refractivity (Wildman–Crippen MR) is 85.5 cm³/mol. The Balaban J connectivity index is 2.07. The Morgan fingerprint density at radius 3 is 2.86 bits per heavy atom. The zero-order valence-corrected chi connectivity index (χ0v) is 13.3. The van der Waals surface area contributed by atoms with Gasteiger partial charge in [0.15, 0.2) is 0 Å². The van der Waals surface area contributed by atoms with E-state index in [0.29, 0.717) is 18.2 Å². The van der Waals surface area contributed by atoms with Crippen LogP contribution in [0.1, 0.15) is 17.2 Å². The van der Waals surface area contributed by atoms with Crippen LogP contribution in [0.5, 0.6) is 11.5 Å². The number of hydroxylamine groups is 2. The highest BCUT2D eigenvalue weighted by molar-refractivity contribution is 6.30. The molecule has 0 fully saturated rings. The van der Waals surface area contributed by atoms with Gasteiger partial charge in [-0.25, -0.2) is 0 Å². The maximum atomic E-state index is 6.13. The van der Waals surface area contributed by atoms with Gasteiger partial charge in [0.25, 0.3) is 0 Å². The number of benzene rings is 2. The minimum Gasteiger partial charge on any atom is -0.497 e. The number of ether oxygens (including phenoxy) is 2. The van der Waals surface area contributed by atoms with Crippen LogP contribution in [0.2, 0.25) is 5.02 Å². The molecule has 0 amide bonds. The predicted octanol–water partition coefficient (Wildman–Crippen LogP) is 3.69. The van der Waals surface area contributed by atoms with Crippen LogP contribution >= 0.6 is 11.6 Å². The average molecular weight is 320 g/mol. The van der Waals surface area contributed by atoms with Crippen molar-refractivity contribution in [1.29, 1.82) is 0 Å². The average Bonchev–Trinajstić information content (AvgIpc) is 2.51. The van der Waals surface area contributed by atoms with Crippen molar-refractivity contribution in [2.24, 2.45) is 0 Å². The van der Waals surface area contributed by atoms with E-state index in [1.54, 1.807) is 12.2 Å². The number of likely N-dealkylation sites (N-methyl/N-ethyl adjacent to an activating group) is 1. The molecule has 1 aliphatic rings. The van der Waals surface area contributed by atoms with Gasteiger partial charge >= 0.3 is 0 Å². The molecule has 1 atom stereocenters. The maximum absolute atomic E-state index is 6.13.